The van der Waals surface area contributed by atoms with E-state index in [1.165, 1.54) is 0 Å². The molecule has 3 aliphatic rings. The smallest absolute Gasteiger partial charge is 0.231 e. The molecule has 7 heteroatoms. The van der Waals surface area contributed by atoms with Gasteiger partial charge < -0.3 is 9.47 Å². The van der Waals surface area contributed by atoms with E-state index >= 15 is 0 Å². The number of fused-ring (bicyclic) bond motifs is 3. The average Bonchev–Trinajstić information content (AvgIpc) is 3.22. The summed E-state index contributed by atoms with van der Waals surface area (Å²) in [4.78, 5) is 12.7. The summed E-state index contributed by atoms with van der Waals surface area (Å²) in [5.41, 5.74) is -0.465. The highest BCUT2D eigenvalue weighted by Crippen LogP contribution is 2.64. The Kier molecular flexibility index (Phi) is 4.36. The predicted molar refractivity (Wildman–Crippen MR) is 106 cm³/mol. The van der Waals surface area contributed by atoms with E-state index in [1.807, 2.05) is 32.0 Å². The van der Waals surface area contributed by atoms with Crippen molar-refractivity contribution < 1.29 is 22.7 Å². The van der Waals surface area contributed by atoms with Crippen molar-refractivity contribution in [2.75, 3.05) is 19.1 Å². The summed E-state index contributed by atoms with van der Waals surface area (Å²) in [6.45, 7) is 8.55. The third-order valence-corrected chi connectivity index (χ3v) is 8.92. The maximum atomic E-state index is 13.0. The molecule has 0 saturated heterocycles. The minimum Gasteiger partial charge on any atom is -0.454 e. The van der Waals surface area contributed by atoms with Crippen LogP contribution in [-0.4, -0.2) is 33.3 Å². The minimum absolute atomic E-state index is 0.112. The second-order valence-corrected chi connectivity index (χ2v) is 11.5. The summed E-state index contributed by atoms with van der Waals surface area (Å²) >= 11 is 0. The molecule has 4 rings (SSSR count). The first kappa shape index (κ1) is 19.7. The Labute approximate surface area is 167 Å². The van der Waals surface area contributed by atoms with Crippen molar-refractivity contribution in [3.8, 4) is 11.5 Å². The monoisotopic (exact) mass is 407 g/mol. The molecule has 28 heavy (non-hydrogen) atoms. The van der Waals surface area contributed by atoms with E-state index in [2.05, 4.69) is 18.6 Å². The van der Waals surface area contributed by atoms with Gasteiger partial charge in [0, 0.05) is 23.8 Å². The van der Waals surface area contributed by atoms with Gasteiger partial charge in [0.1, 0.15) is 5.78 Å². The van der Waals surface area contributed by atoms with Crippen LogP contribution in [0, 0.1) is 16.7 Å². The molecule has 1 aromatic carbocycles. The van der Waals surface area contributed by atoms with Crippen LogP contribution in [0.5, 0.6) is 11.5 Å². The van der Waals surface area contributed by atoms with Gasteiger partial charge in [0.05, 0.1) is 5.75 Å². The fraction of sp³-hybridized carbons (Fsp3) is 0.667. The standard InChI is InChI=1S/C21H29NO5S/c1-19(2,14-5-6-16-17(9-14)27-13-26-16)11-22-28(24,25)12-21-8-7-15(10-18(21)23)20(21,3)4/h5-6,9,15,22H,7-8,10-13H2,1-4H3/t15-,21-/m0/s1. The van der Waals surface area contributed by atoms with Crippen LogP contribution < -0.4 is 14.2 Å². The molecule has 1 N–H and O–H groups in total. The molecule has 6 nitrogen and oxygen atoms in total. The first-order chi connectivity index (χ1) is 13.0. The lowest BCUT2D eigenvalue weighted by molar-refractivity contribution is -0.128. The second-order valence-electron chi connectivity index (χ2n) is 9.70. The number of Topliss-reactive ketones (excluding diaryl/α,β-unsaturated/α-hetero) is 1. The Morgan fingerprint density at radius 2 is 1.93 bits per heavy atom. The SMILES string of the molecule is CC(C)(CNS(=O)(=O)C[C@@]12CC[C@@H](CC1=O)C2(C)C)c1ccc2c(c1)OCO2. The number of nitrogens with one attached hydrogen (secondary N) is 1. The lowest BCUT2D eigenvalue weighted by atomic mass is 9.70. The molecular weight excluding hydrogens is 378 g/mol. The fourth-order valence-corrected chi connectivity index (χ4v) is 7.20. The number of benzene rings is 1. The van der Waals surface area contributed by atoms with Crippen molar-refractivity contribution in [1.82, 2.24) is 4.72 Å². The molecule has 0 aromatic heterocycles. The Bertz CT molecular complexity index is 921. The maximum absolute atomic E-state index is 13.0. The van der Waals surface area contributed by atoms with Gasteiger partial charge >= 0.3 is 0 Å². The highest BCUT2D eigenvalue weighted by Gasteiger charge is 2.65. The van der Waals surface area contributed by atoms with Crippen LogP contribution >= 0.6 is 0 Å². The van der Waals surface area contributed by atoms with Crippen LogP contribution in [0.15, 0.2) is 18.2 Å². The molecule has 2 atom stereocenters. The number of carbonyl (C=O) groups excluding carboxylic acids is 1. The van der Waals surface area contributed by atoms with Gasteiger partial charge in [-0.1, -0.05) is 33.8 Å². The van der Waals surface area contributed by atoms with Gasteiger partial charge in [-0.25, -0.2) is 13.1 Å². The molecule has 0 radical (unpaired) electrons. The largest absolute Gasteiger partial charge is 0.454 e. The lowest BCUT2D eigenvalue weighted by Crippen LogP contribution is -2.47. The number of carbonyl (C=O) groups is 1. The molecule has 2 bridgehead atoms. The summed E-state index contributed by atoms with van der Waals surface area (Å²) in [6, 6.07) is 5.69. The topological polar surface area (TPSA) is 81.7 Å². The third kappa shape index (κ3) is 2.94. The summed E-state index contributed by atoms with van der Waals surface area (Å²) < 4.78 is 39.5. The zero-order valence-electron chi connectivity index (χ0n) is 17.0. The van der Waals surface area contributed by atoms with Crippen LogP contribution in [0.3, 0.4) is 0 Å². The second kappa shape index (κ2) is 6.20. The number of hydrogen-bond acceptors (Lipinski definition) is 5. The number of ketones is 1. The summed E-state index contributed by atoms with van der Waals surface area (Å²) in [6.07, 6.45) is 2.14. The van der Waals surface area contributed by atoms with Crippen LogP contribution in [0.25, 0.3) is 0 Å². The summed E-state index contributed by atoms with van der Waals surface area (Å²) in [5.74, 6) is 1.70. The molecule has 2 aliphatic carbocycles. The Hall–Kier alpha value is -1.60. The lowest BCUT2D eigenvalue weighted by Gasteiger charge is -2.36. The van der Waals surface area contributed by atoms with Crippen LogP contribution in [0.1, 0.15) is 52.5 Å². The highest BCUT2D eigenvalue weighted by molar-refractivity contribution is 7.89. The summed E-state index contributed by atoms with van der Waals surface area (Å²) in [5, 5.41) is 0. The number of rotatable bonds is 6. The van der Waals surface area contributed by atoms with Gasteiger partial charge in [0.2, 0.25) is 16.8 Å². The highest BCUT2D eigenvalue weighted by atomic mass is 32.2. The van der Waals surface area contributed by atoms with E-state index in [-0.39, 0.29) is 30.3 Å². The first-order valence-corrected chi connectivity index (χ1v) is 11.5. The summed E-state index contributed by atoms with van der Waals surface area (Å²) in [7, 11) is -3.59. The van der Waals surface area contributed by atoms with Crippen molar-refractivity contribution in [2.45, 2.75) is 52.4 Å². The van der Waals surface area contributed by atoms with E-state index in [1.54, 1.807) is 0 Å². The zero-order chi connectivity index (χ0) is 20.4. The normalized spacial score (nSPS) is 28.1. The van der Waals surface area contributed by atoms with Crippen molar-refractivity contribution in [3.05, 3.63) is 23.8 Å². The fourth-order valence-electron chi connectivity index (χ4n) is 5.19. The molecular formula is C21H29NO5S. The maximum Gasteiger partial charge on any atom is 0.231 e. The molecule has 0 spiro atoms. The van der Waals surface area contributed by atoms with Crippen LogP contribution in [0.4, 0.5) is 0 Å². The van der Waals surface area contributed by atoms with E-state index in [4.69, 9.17) is 9.47 Å². The van der Waals surface area contributed by atoms with Crippen LogP contribution in [0.2, 0.25) is 0 Å². The molecule has 0 unspecified atom stereocenters. The number of hydrogen-bond donors (Lipinski definition) is 1. The Morgan fingerprint density at radius 3 is 2.57 bits per heavy atom. The van der Waals surface area contributed by atoms with Gasteiger partial charge in [0.15, 0.2) is 11.5 Å². The molecule has 2 saturated carbocycles. The quantitative estimate of drug-likeness (QED) is 0.784. The van der Waals surface area contributed by atoms with E-state index < -0.39 is 20.9 Å². The predicted octanol–water partition coefficient (Wildman–Crippen LogP) is 3.01. The molecule has 1 aliphatic heterocycles. The number of sulfonamides is 1. The van der Waals surface area contributed by atoms with Gasteiger partial charge in [-0.05, 0) is 41.9 Å². The van der Waals surface area contributed by atoms with Crippen molar-refractivity contribution in [3.63, 3.8) is 0 Å². The van der Waals surface area contributed by atoms with E-state index in [0.29, 0.717) is 30.3 Å². The van der Waals surface area contributed by atoms with Gasteiger partial charge in [-0.3, -0.25) is 4.79 Å². The number of ether oxygens (including phenoxy) is 2. The molecule has 1 heterocycles. The third-order valence-electron chi connectivity index (χ3n) is 7.46. The van der Waals surface area contributed by atoms with E-state index in [9.17, 15) is 13.2 Å². The first-order valence-electron chi connectivity index (χ1n) is 9.88. The van der Waals surface area contributed by atoms with Gasteiger partial charge in [-0.15, -0.1) is 0 Å². The Balaban J connectivity index is 1.49. The van der Waals surface area contributed by atoms with E-state index in [0.717, 1.165) is 12.0 Å². The zero-order valence-corrected chi connectivity index (χ0v) is 17.8. The van der Waals surface area contributed by atoms with Crippen molar-refractivity contribution in [1.29, 1.82) is 0 Å². The molecule has 2 fully saturated rings. The Morgan fingerprint density at radius 1 is 1.21 bits per heavy atom. The van der Waals surface area contributed by atoms with Crippen molar-refractivity contribution in [2.24, 2.45) is 16.7 Å². The van der Waals surface area contributed by atoms with Crippen molar-refractivity contribution >= 4 is 15.8 Å². The average molecular weight is 408 g/mol. The van der Waals surface area contributed by atoms with Gasteiger partial charge in [0.25, 0.3) is 0 Å². The van der Waals surface area contributed by atoms with Gasteiger partial charge in [-0.2, -0.15) is 0 Å². The molecule has 154 valence electrons. The molecule has 0 amide bonds. The minimum atomic E-state index is -3.59. The van der Waals surface area contributed by atoms with Crippen LogP contribution in [-0.2, 0) is 20.2 Å². The molecule has 1 aromatic rings.